The van der Waals surface area contributed by atoms with Gasteiger partial charge in [0, 0.05) is 35.7 Å². The number of hydrogen-bond acceptors (Lipinski definition) is 4. The Morgan fingerprint density at radius 2 is 2.16 bits per heavy atom. The molecule has 1 atom stereocenters. The van der Waals surface area contributed by atoms with Crippen LogP contribution in [-0.2, 0) is 11.8 Å². The fourth-order valence-electron chi connectivity index (χ4n) is 1.89. The zero-order valence-electron chi connectivity index (χ0n) is 11.8. The number of hydrogen-bond donors (Lipinski definition) is 1. The van der Waals surface area contributed by atoms with E-state index in [0.29, 0.717) is 6.54 Å². The lowest BCUT2D eigenvalue weighted by Crippen LogP contribution is -2.16. The molecule has 0 saturated heterocycles. The fourth-order valence-corrected chi connectivity index (χ4v) is 3.06. The molecule has 0 spiro atoms. The number of rotatable bonds is 4. The molecule has 19 heavy (non-hydrogen) atoms. The molecule has 2 N–H and O–H groups in total. The minimum Gasteiger partial charge on any atom is -0.330 e. The first kappa shape index (κ1) is 14.2. The van der Waals surface area contributed by atoms with Crippen molar-refractivity contribution in [3.63, 3.8) is 0 Å². The molecule has 0 bridgehead atoms. The van der Waals surface area contributed by atoms with E-state index >= 15 is 0 Å². The summed E-state index contributed by atoms with van der Waals surface area (Å²) in [7, 11) is 0. The maximum absolute atomic E-state index is 5.92. The average Bonchev–Trinajstić information content (AvgIpc) is 2.86. The molecule has 0 aromatic carbocycles. The summed E-state index contributed by atoms with van der Waals surface area (Å²) in [5.74, 6) is 0.283. The number of aromatic nitrogens is 2. The molecule has 0 aliphatic carbocycles. The van der Waals surface area contributed by atoms with Crippen molar-refractivity contribution in [2.75, 3.05) is 6.54 Å². The van der Waals surface area contributed by atoms with Crippen LogP contribution in [0.25, 0.3) is 0 Å². The highest BCUT2D eigenvalue weighted by atomic mass is 32.1. The van der Waals surface area contributed by atoms with Crippen LogP contribution in [0.4, 0.5) is 0 Å². The van der Waals surface area contributed by atoms with Crippen molar-refractivity contribution in [3.8, 4) is 0 Å². The molecular weight excluding hydrogens is 254 g/mol. The molecular formula is C15H21N3S. The molecule has 0 aliphatic heterocycles. The van der Waals surface area contributed by atoms with Crippen LogP contribution in [-0.4, -0.2) is 16.5 Å². The quantitative estimate of drug-likeness (QED) is 0.932. The van der Waals surface area contributed by atoms with E-state index in [9.17, 15) is 0 Å². The van der Waals surface area contributed by atoms with Crippen LogP contribution in [0.3, 0.4) is 0 Å². The number of nitrogens with two attached hydrogens (primary N) is 1. The summed E-state index contributed by atoms with van der Waals surface area (Å²) >= 11 is 1.72. The largest absolute Gasteiger partial charge is 0.330 e. The first-order chi connectivity index (χ1) is 9.00. The third-order valence-electron chi connectivity index (χ3n) is 3.13. The molecule has 0 saturated carbocycles. The van der Waals surface area contributed by atoms with Gasteiger partial charge in [-0.05, 0) is 18.1 Å². The molecule has 0 aliphatic rings. The maximum Gasteiger partial charge on any atom is 0.0975 e. The molecule has 0 radical (unpaired) electrons. The number of thiazole rings is 1. The second-order valence-electron chi connectivity index (χ2n) is 5.82. The predicted molar refractivity (Wildman–Crippen MR) is 80.6 cm³/mol. The van der Waals surface area contributed by atoms with Gasteiger partial charge in [-0.15, -0.1) is 11.3 Å². The Hall–Kier alpha value is -1.26. The number of nitrogens with zero attached hydrogens (tertiary/aromatic N) is 2. The van der Waals surface area contributed by atoms with Gasteiger partial charge in [0.15, 0.2) is 0 Å². The summed E-state index contributed by atoms with van der Waals surface area (Å²) < 4.78 is 0. The SMILES string of the molecule is CC(C)(C)c1csc(C(CN)Cc2cccnc2)n1. The third kappa shape index (κ3) is 3.61. The molecule has 2 aromatic heterocycles. The predicted octanol–water partition coefficient (Wildman–Crippen LogP) is 3.12. The van der Waals surface area contributed by atoms with Crippen LogP contribution < -0.4 is 5.73 Å². The molecule has 1 unspecified atom stereocenters. The highest BCUT2D eigenvalue weighted by Gasteiger charge is 2.21. The van der Waals surface area contributed by atoms with Crippen LogP contribution in [0.15, 0.2) is 29.9 Å². The molecule has 0 fully saturated rings. The average molecular weight is 275 g/mol. The van der Waals surface area contributed by atoms with Crippen molar-refractivity contribution in [2.45, 2.75) is 38.5 Å². The standard InChI is InChI=1S/C15H21N3S/c1-15(2,3)13-10-19-14(18-13)12(8-16)7-11-5-4-6-17-9-11/h4-6,9-10,12H,7-8,16H2,1-3H3. The van der Waals surface area contributed by atoms with E-state index in [-0.39, 0.29) is 11.3 Å². The summed E-state index contributed by atoms with van der Waals surface area (Å²) in [4.78, 5) is 8.92. The molecule has 3 nitrogen and oxygen atoms in total. The van der Waals surface area contributed by atoms with Gasteiger partial charge in [-0.1, -0.05) is 26.8 Å². The van der Waals surface area contributed by atoms with E-state index in [1.807, 2.05) is 12.3 Å². The van der Waals surface area contributed by atoms with Crippen LogP contribution in [0.1, 0.15) is 43.0 Å². The Balaban J connectivity index is 2.16. The molecule has 4 heteroatoms. The van der Waals surface area contributed by atoms with Crippen molar-refractivity contribution in [1.82, 2.24) is 9.97 Å². The smallest absolute Gasteiger partial charge is 0.0975 e. The highest BCUT2D eigenvalue weighted by molar-refractivity contribution is 7.09. The lowest BCUT2D eigenvalue weighted by Gasteiger charge is -2.15. The van der Waals surface area contributed by atoms with Gasteiger partial charge < -0.3 is 5.73 Å². The summed E-state index contributed by atoms with van der Waals surface area (Å²) in [5, 5.41) is 3.29. The summed E-state index contributed by atoms with van der Waals surface area (Å²) in [6.45, 7) is 7.17. The zero-order valence-corrected chi connectivity index (χ0v) is 12.6. The van der Waals surface area contributed by atoms with Crippen molar-refractivity contribution in [1.29, 1.82) is 0 Å². The van der Waals surface area contributed by atoms with Gasteiger partial charge in [0.05, 0.1) is 10.7 Å². The van der Waals surface area contributed by atoms with Gasteiger partial charge in [-0.2, -0.15) is 0 Å². The van der Waals surface area contributed by atoms with E-state index in [1.165, 1.54) is 5.56 Å². The van der Waals surface area contributed by atoms with E-state index in [2.05, 4.69) is 37.2 Å². The first-order valence-corrected chi connectivity index (χ1v) is 7.43. The van der Waals surface area contributed by atoms with Crippen LogP contribution in [0, 0.1) is 0 Å². The second-order valence-corrected chi connectivity index (χ2v) is 6.71. The topological polar surface area (TPSA) is 51.8 Å². The lowest BCUT2D eigenvalue weighted by atomic mass is 9.93. The highest BCUT2D eigenvalue weighted by Crippen LogP contribution is 2.28. The van der Waals surface area contributed by atoms with Gasteiger partial charge in [-0.25, -0.2) is 4.98 Å². The summed E-state index contributed by atoms with van der Waals surface area (Å²) in [5.41, 5.74) is 8.38. The van der Waals surface area contributed by atoms with E-state index in [1.54, 1.807) is 17.5 Å². The zero-order chi connectivity index (χ0) is 13.9. The molecule has 102 valence electrons. The summed E-state index contributed by atoms with van der Waals surface area (Å²) in [6.07, 6.45) is 4.60. The van der Waals surface area contributed by atoms with Crippen LogP contribution in [0.2, 0.25) is 0 Å². The monoisotopic (exact) mass is 275 g/mol. The van der Waals surface area contributed by atoms with Gasteiger partial charge >= 0.3 is 0 Å². The maximum atomic E-state index is 5.92. The van der Waals surface area contributed by atoms with Crippen molar-refractivity contribution in [3.05, 3.63) is 46.2 Å². The van der Waals surface area contributed by atoms with E-state index in [4.69, 9.17) is 10.7 Å². The third-order valence-corrected chi connectivity index (χ3v) is 4.14. The Kier molecular flexibility index (Phi) is 4.32. The second kappa shape index (κ2) is 5.80. The Labute approximate surface area is 118 Å². The number of pyridine rings is 1. The van der Waals surface area contributed by atoms with Gasteiger partial charge in [0.2, 0.25) is 0 Å². The van der Waals surface area contributed by atoms with Crippen LogP contribution in [0.5, 0.6) is 0 Å². The Morgan fingerprint density at radius 1 is 1.37 bits per heavy atom. The minimum absolute atomic E-state index is 0.0994. The van der Waals surface area contributed by atoms with Crippen molar-refractivity contribution < 1.29 is 0 Å². The Bertz CT molecular complexity index is 514. The Morgan fingerprint density at radius 3 is 2.68 bits per heavy atom. The molecule has 2 rings (SSSR count). The van der Waals surface area contributed by atoms with Crippen LogP contribution >= 0.6 is 11.3 Å². The molecule has 2 heterocycles. The minimum atomic E-state index is 0.0994. The van der Waals surface area contributed by atoms with Crippen molar-refractivity contribution >= 4 is 11.3 Å². The molecule has 2 aromatic rings. The van der Waals surface area contributed by atoms with Gasteiger partial charge in [-0.3, -0.25) is 4.98 Å². The first-order valence-electron chi connectivity index (χ1n) is 6.55. The lowest BCUT2D eigenvalue weighted by molar-refractivity contribution is 0.566. The van der Waals surface area contributed by atoms with Crippen molar-refractivity contribution in [2.24, 2.45) is 5.73 Å². The van der Waals surface area contributed by atoms with E-state index in [0.717, 1.165) is 17.1 Å². The normalized spacial score (nSPS) is 13.5. The van der Waals surface area contributed by atoms with Gasteiger partial charge in [0.25, 0.3) is 0 Å². The molecule has 0 amide bonds. The fraction of sp³-hybridized carbons (Fsp3) is 0.467. The van der Waals surface area contributed by atoms with E-state index < -0.39 is 0 Å². The van der Waals surface area contributed by atoms with Gasteiger partial charge in [0.1, 0.15) is 0 Å². The summed E-state index contributed by atoms with van der Waals surface area (Å²) in [6, 6.07) is 4.05.